The Balaban J connectivity index is 2.10. The smallest absolute Gasteiger partial charge is 0.124 e. The second kappa shape index (κ2) is 5.38. The SMILES string of the molecule is COc1cc2[nH]c3c(c2cc1C(C)C)CCN(C(C)C)C3. The zero-order valence-corrected chi connectivity index (χ0v) is 13.8. The van der Waals surface area contributed by atoms with Gasteiger partial charge in [0.2, 0.25) is 0 Å². The summed E-state index contributed by atoms with van der Waals surface area (Å²) < 4.78 is 5.58. The van der Waals surface area contributed by atoms with Gasteiger partial charge in [-0.3, -0.25) is 4.90 Å². The highest BCUT2D eigenvalue weighted by Crippen LogP contribution is 2.35. The maximum atomic E-state index is 5.58. The Morgan fingerprint density at radius 3 is 2.57 bits per heavy atom. The van der Waals surface area contributed by atoms with E-state index in [0.717, 1.165) is 25.3 Å². The highest BCUT2D eigenvalue weighted by atomic mass is 16.5. The fraction of sp³-hybridized carbons (Fsp3) is 0.556. The number of H-pyrrole nitrogens is 1. The maximum Gasteiger partial charge on any atom is 0.124 e. The number of rotatable bonds is 3. The van der Waals surface area contributed by atoms with Crippen molar-refractivity contribution in [2.75, 3.05) is 13.7 Å². The van der Waals surface area contributed by atoms with Gasteiger partial charge in [0.25, 0.3) is 0 Å². The lowest BCUT2D eigenvalue weighted by Gasteiger charge is -2.30. The third-order valence-electron chi connectivity index (χ3n) is 4.71. The molecule has 1 aromatic carbocycles. The summed E-state index contributed by atoms with van der Waals surface area (Å²) in [5.41, 5.74) is 5.41. The van der Waals surface area contributed by atoms with Gasteiger partial charge in [-0.25, -0.2) is 0 Å². The molecule has 21 heavy (non-hydrogen) atoms. The summed E-state index contributed by atoms with van der Waals surface area (Å²) in [6, 6.07) is 5.10. The normalized spacial score (nSPS) is 16.0. The molecule has 2 heterocycles. The fourth-order valence-electron chi connectivity index (χ4n) is 3.38. The Kier molecular flexibility index (Phi) is 3.70. The van der Waals surface area contributed by atoms with Crippen LogP contribution in [0, 0.1) is 0 Å². The number of aromatic amines is 1. The van der Waals surface area contributed by atoms with Crippen molar-refractivity contribution in [2.24, 2.45) is 0 Å². The summed E-state index contributed by atoms with van der Waals surface area (Å²) in [5, 5.41) is 1.39. The molecule has 0 saturated carbocycles. The Hall–Kier alpha value is -1.48. The first-order chi connectivity index (χ1) is 10.0. The molecule has 0 unspecified atom stereocenters. The van der Waals surface area contributed by atoms with Crippen LogP contribution in [0.1, 0.15) is 50.4 Å². The zero-order valence-electron chi connectivity index (χ0n) is 13.8. The van der Waals surface area contributed by atoms with Crippen LogP contribution in [0.5, 0.6) is 5.75 Å². The van der Waals surface area contributed by atoms with Gasteiger partial charge in [-0.15, -0.1) is 0 Å². The van der Waals surface area contributed by atoms with Crippen molar-refractivity contribution in [3.63, 3.8) is 0 Å². The lowest BCUT2D eigenvalue weighted by molar-refractivity contribution is 0.201. The van der Waals surface area contributed by atoms with Crippen molar-refractivity contribution in [1.82, 2.24) is 9.88 Å². The van der Waals surface area contributed by atoms with Crippen molar-refractivity contribution in [3.8, 4) is 5.75 Å². The van der Waals surface area contributed by atoms with Gasteiger partial charge in [0, 0.05) is 41.8 Å². The second-order valence-electron chi connectivity index (χ2n) is 6.69. The molecule has 0 atom stereocenters. The minimum absolute atomic E-state index is 0.477. The molecule has 0 bridgehead atoms. The molecule has 0 amide bonds. The highest BCUT2D eigenvalue weighted by Gasteiger charge is 2.23. The van der Waals surface area contributed by atoms with E-state index < -0.39 is 0 Å². The lowest BCUT2D eigenvalue weighted by Crippen LogP contribution is -2.35. The van der Waals surface area contributed by atoms with Crippen molar-refractivity contribution >= 4 is 10.9 Å². The third-order valence-corrected chi connectivity index (χ3v) is 4.71. The van der Waals surface area contributed by atoms with Gasteiger partial charge in [-0.2, -0.15) is 0 Å². The summed E-state index contributed by atoms with van der Waals surface area (Å²) in [6.45, 7) is 11.2. The van der Waals surface area contributed by atoms with Crippen LogP contribution < -0.4 is 4.74 Å². The maximum absolute atomic E-state index is 5.58. The molecule has 0 spiro atoms. The van der Waals surface area contributed by atoms with Crippen molar-refractivity contribution in [1.29, 1.82) is 0 Å². The molecule has 1 N–H and O–H groups in total. The summed E-state index contributed by atoms with van der Waals surface area (Å²) in [7, 11) is 1.76. The predicted octanol–water partition coefficient (Wildman–Crippen LogP) is 4.07. The largest absolute Gasteiger partial charge is 0.496 e. The van der Waals surface area contributed by atoms with Crippen LogP contribution in [0.2, 0.25) is 0 Å². The number of methoxy groups -OCH3 is 1. The number of nitrogens with one attached hydrogen (secondary N) is 1. The van der Waals surface area contributed by atoms with Gasteiger partial charge < -0.3 is 9.72 Å². The first kappa shape index (κ1) is 14.5. The average molecular weight is 286 g/mol. The number of aromatic nitrogens is 1. The van der Waals surface area contributed by atoms with Crippen LogP contribution in [0.25, 0.3) is 10.9 Å². The molecule has 0 fully saturated rings. The summed E-state index contributed by atoms with van der Waals surface area (Å²) in [4.78, 5) is 6.15. The van der Waals surface area contributed by atoms with Gasteiger partial charge >= 0.3 is 0 Å². The van der Waals surface area contributed by atoms with Gasteiger partial charge in [0.1, 0.15) is 5.75 Å². The number of hydrogen-bond donors (Lipinski definition) is 1. The quantitative estimate of drug-likeness (QED) is 0.921. The van der Waals surface area contributed by atoms with E-state index in [4.69, 9.17) is 4.74 Å². The van der Waals surface area contributed by atoms with E-state index in [9.17, 15) is 0 Å². The standard InChI is InChI=1S/C18H26N2O/c1-11(2)14-8-15-13-6-7-20(12(3)4)10-17(13)19-16(15)9-18(14)21-5/h8-9,11-12,19H,6-7,10H2,1-5H3. The van der Waals surface area contributed by atoms with E-state index in [1.165, 1.54) is 27.7 Å². The van der Waals surface area contributed by atoms with Crippen LogP contribution in [0.4, 0.5) is 0 Å². The van der Waals surface area contributed by atoms with E-state index in [1.54, 1.807) is 7.11 Å². The first-order valence-electron chi connectivity index (χ1n) is 7.96. The van der Waals surface area contributed by atoms with Crippen LogP contribution in [0.3, 0.4) is 0 Å². The van der Waals surface area contributed by atoms with E-state index >= 15 is 0 Å². The van der Waals surface area contributed by atoms with Gasteiger partial charge in [0.05, 0.1) is 7.11 Å². The van der Waals surface area contributed by atoms with E-state index in [2.05, 4.69) is 49.7 Å². The van der Waals surface area contributed by atoms with E-state index in [0.29, 0.717) is 12.0 Å². The molecule has 1 aromatic heterocycles. The van der Waals surface area contributed by atoms with E-state index in [-0.39, 0.29) is 0 Å². The molecule has 0 radical (unpaired) electrons. The molecule has 2 aromatic rings. The molecule has 1 aliphatic rings. The van der Waals surface area contributed by atoms with Crippen molar-refractivity contribution < 1.29 is 4.74 Å². The number of hydrogen-bond acceptors (Lipinski definition) is 2. The predicted molar refractivity (Wildman–Crippen MR) is 88.2 cm³/mol. The van der Waals surface area contributed by atoms with Crippen molar-refractivity contribution in [3.05, 3.63) is 29.0 Å². The van der Waals surface area contributed by atoms with E-state index in [1.807, 2.05) is 0 Å². The molecule has 0 saturated heterocycles. The van der Waals surface area contributed by atoms with Gasteiger partial charge in [-0.1, -0.05) is 13.8 Å². The number of fused-ring (bicyclic) bond motifs is 3. The Morgan fingerprint density at radius 1 is 1.19 bits per heavy atom. The minimum Gasteiger partial charge on any atom is -0.496 e. The zero-order chi connectivity index (χ0) is 15.1. The topological polar surface area (TPSA) is 28.3 Å². The van der Waals surface area contributed by atoms with Crippen molar-refractivity contribution in [2.45, 2.75) is 52.6 Å². The molecule has 1 aliphatic heterocycles. The molecule has 3 heteroatoms. The Labute approximate surface area is 127 Å². The minimum atomic E-state index is 0.477. The summed E-state index contributed by atoms with van der Waals surface area (Å²) in [6.07, 6.45) is 1.14. The number of nitrogens with zero attached hydrogens (tertiary/aromatic N) is 1. The summed E-state index contributed by atoms with van der Waals surface area (Å²) >= 11 is 0. The van der Waals surface area contributed by atoms with Crippen LogP contribution in [-0.2, 0) is 13.0 Å². The first-order valence-corrected chi connectivity index (χ1v) is 7.96. The van der Waals surface area contributed by atoms with Gasteiger partial charge in [0.15, 0.2) is 0 Å². The van der Waals surface area contributed by atoms with Crippen LogP contribution in [0.15, 0.2) is 12.1 Å². The molecule has 3 nitrogen and oxygen atoms in total. The number of benzene rings is 1. The second-order valence-corrected chi connectivity index (χ2v) is 6.69. The summed E-state index contributed by atoms with van der Waals surface area (Å²) in [5.74, 6) is 1.47. The molecule has 3 rings (SSSR count). The molecule has 0 aliphatic carbocycles. The lowest BCUT2D eigenvalue weighted by atomic mass is 9.96. The van der Waals surface area contributed by atoms with Crippen LogP contribution >= 0.6 is 0 Å². The molecule has 114 valence electrons. The number of ether oxygens (including phenoxy) is 1. The fourth-order valence-corrected chi connectivity index (χ4v) is 3.38. The average Bonchev–Trinajstić information content (AvgIpc) is 2.81. The molecular weight excluding hydrogens is 260 g/mol. The Bertz CT molecular complexity index is 655. The monoisotopic (exact) mass is 286 g/mol. The third kappa shape index (κ3) is 2.44. The highest BCUT2D eigenvalue weighted by molar-refractivity contribution is 5.87. The Morgan fingerprint density at radius 2 is 1.95 bits per heavy atom. The molecular formula is C18H26N2O. The van der Waals surface area contributed by atoms with Gasteiger partial charge in [-0.05, 0) is 43.4 Å². The van der Waals surface area contributed by atoms with Crippen LogP contribution in [-0.4, -0.2) is 29.6 Å².